The molecule has 37 heavy (non-hydrogen) atoms. The van der Waals surface area contributed by atoms with E-state index in [1.807, 2.05) is 0 Å². The summed E-state index contributed by atoms with van der Waals surface area (Å²) in [6.07, 6.45) is 0. The summed E-state index contributed by atoms with van der Waals surface area (Å²) in [5.74, 6) is 0. The van der Waals surface area contributed by atoms with Gasteiger partial charge >= 0.3 is 0 Å². The first kappa shape index (κ1) is 30.6. The Morgan fingerprint density at radius 2 is 0.514 bits per heavy atom. The van der Waals surface area contributed by atoms with Crippen LogP contribution in [0.2, 0.25) is 40.2 Å². The van der Waals surface area contributed by atoms with E-state index < -0.39 is 0 Å². The molecule has 4 nitrogen and oxygen atoms in total. The molecular weight excluding hydrogens is 778 g/mol. The van der Waals surface area contributed by atoms with Crippen molar-refractivity contribution in [3.63, 3.8) is 0 Å². The Kier molecular flexibility index (Phi) is 9.18. The van der Waals surface area contributed by atoms with Crippen LogP contribution in [0.3, 0.4) is 0 Å². The summed E-state index contributed by atoms with van der Waals surface area (Å²) >= 11 is 78.2. The van der Waals surface area contributed by atoms with Crippen LogP contribution in [-0.2, 0) is 17.1 Å². The third-order valence-electron chi connectivity index (χ3n) is 5.14. The molecule has 0 saturated carbocycles. The van der Waals surface area contributed by atoms with Gasteiger partial charge in [-0.2, -0.15) is 0 Å². The number of halogens is 12. The van der Waals surface area contributed by atoms with Gasteiger partial charge in [0.2, 0.25) is 0 Å². The second-order valence-corrected chi connectivity index (χ2v) is 11.7. The summed E-state index contributed by atoms with van der Waals surface area (Å²) < 4.78 is 0. The molecule has 2 N–H and O–H groups in total. The van der Waals surface area contributed by atoms with Gasteiger partial charge in [0.15, 0.2) is 0 Å². The Morgan fingerprint density at radius 3 is 0.703 bits per heavy atom. The number of aromatic amines is 2. The maximum absolute atomic E-state index is 6.63. The molecular formula is C20H2Cl12FeN4. The zero-order chi connectivity index (χ0) is 26.4. The van der Waals surface area contributed by atoms with Crippen LogP contribution in [0.15, 0.2) is 0 Å². The number of hydrogen-bond donors (Lipinski definition) is 2. The van der Waals surface area contributed by atoms with Gasteiger partial charge in [-0.25, -0.2) is 9.97 Å². The fraction of sp³-hybridized carbons (Fsp3) is 0. The van der Waals surface area contributed by atoms with Crippen molar-refractivity contribution in [2.45, 2.75) is 0 Å². The molecule has 0 radical (unpaired) electrons. The maximum Gasteiger partial charge on any atom is 0.105 e. The minimum absolute atomic E-state index is 0. The largest absolute Gasteiger partial charge is 0.350 e. The second-order valence-electron chi connectivity index (χ2n) is 7.14. The quantitative estimate of drug-likeness (QED) is 0.223. The number of aromatic nitrogens is 4. The van der Waals surface area contributed by atoms with Crippen molar-refractivity contribution in [2.24, 2.45) is 0 Å². The van der Waals surface area contributed by atoms with E-state index >= 15 is 0 Å². The minimum Gasteiger partial charge on any atom is -0.350 e. The van der Waals surface area contributed by atoms with Crippen molar-refractivity contribution in [3.05, 3.63) is 63.0 Å². The van der Waals surface area contributed by atoms with Crippen LogP contribution in [0.1, 0.15) is 22.8 Å². The zero-order valence-electron chi connectivity index (χ0n) is 16.8. The van der Waals surface area contributed by atoms with E-state index in [9.17, 15) is 0 Å². The van der Waals surface area contributed by atoms with Crippen LogP contribution >= 0.6 is 139 Å². The van der Waals surface area contributed by atoms with Crippen LogP contribution in [0.25, 0.3) is 42.2 Å². The molecule has 0 saturated heterocycles. The number of H-pyrrole nitrogens is 2. The second kappa shape index (κ2) is 11.1. The van der Waals surface area contributed by atoms with E-state index in [0.717, 1.165) is 0 Å². The van der Waals surface area contributed by atoms with Crippen LogP contribution in [0, 0.1) is 0 Å². The van der Waals surface area contributed by atoms with Gasteiger partial charge in [0.05, 0.1) is 82.4 Å². The van der Waals surface area contributed by atoms with Gasteiger partial charge in [-0.05, 0) is 0 Å². The predicted molar refractivity (Wildman–Crippen MR) is 158 cm³/mol. The van der Waals surface area contributed by atoms with Gasteiger partial charge in [-0.15, -0.1) is 0 Å². The van der Waals surface area contributed by atoms with Crippen molar-refractivity contribution in [1.29, 1.82) is 0 Å². The molecule has 17 heteroatoms. The predicted octanol–water partition coefficient (Wildman–Crippen LogP) is 12.1. The molecule has 0 spiro atoms. The molecule has 0 aliphatic carbocycles. The Balaban J connectivity index is 0.00000320. The Bertz CT molecular complexity index is 1520. The molecule has 0 atom stereocenters. The number of rotatable bonds is 0. The van der Waals surface area contributed by atoms with Crippen molar-refractivity contribution >= 4 is 181 Å². The first-order valence-electron chi connectivity index (χ1n) is 9.16. The molecule has 0 unspecified atom stereocenters. The summed E-state index contributed by atoms with van der Waals surface area (Å²) in [6, 6.07) is 0. The summed E-state index contributed by atoms with van der Waals surface area (Å²) in [4.78, 5) is 14.7. The van der Waals surface area contributed by atoms with Crippen molar-refractivity contribution in [3.8, 4) is 0 Å². The number of nitrogens with one attached hydrogen (secondary N) is 2. The van der Waals surface area contributed by atoms with Crippen LogP contribution < -0.4 is 0 Å². The van der Waals surface area contributed by atoms with Gasteiger partial charge in [0.25, 0.3) is 0 Å². The number of hydrogen-bond acceptors (Lipinski definition) is 2. The summed E-state index contributed by atoms with van der Waals surface area (Å²) in [5.41, 5.74) is 0.791. The van der Waals surface area contributed by atoms with Crippen LogP contribution in [0.5, 0.6) is 0 Å². The monoisotopic (exact) mass is 774 g/mol. The fourth-order valence-electron chi connectivity index (χ4n) is 3.40. The first-order chi connectivity index (χ1) is 16.9. The molecule has 3 aromatic heterocycles. The van der Waals surface area contributed by atoms with Crippen LogP contribution in [0.4, 0.5) is 0 Å². The minimum atomic E-state index is -0.0275. The molecule has 0 fully saturated rings. The zero-order valence-corrected chi connectivity index (χ0v) is 27.0. The van der Waals surface area contributed by atoms with E-state index in [-0.39, 0.29) is 122 Å². The number of fused-ring (bicyclic) bond motifs is 8. The van der Waals surface area contributed by atoms with Crippen molar-refractivity contribution < 1.29 is 17.1 Å². The van der Waals surface area contributed by atoms with Gasteiger partial charge in [-0.3, -0.25) is 0 Å². The Labute approximate surface area is 278 Å². The molecule has 3 aromatic rings. The molecule has 194 valence electrons. The maximum atomic E-state index is 6.63. The third kappa shape index (κ3) is 4.70. The average molecular weight is 780 g/mol. The van der Waals surface area contributed by atoms with E-state index in [2.05, 4.69) is 19.9 Å². The third-order valence-corrected chi connectivity index (χ3v) is 9.98. The molecule has 0 aromatic carbocycles. The van der Waals surface area contributed by atoms with Crippen molar-refractivity contribution in [1.82, 2.24) is 19.9 Å². The normalized spacial score (nSPS) is 13.5. The molecule has 2 aliphatic heterocycles. The van der Waals surface area contributed by atoms with Gasteiger partial charge < -0.3 is 9.97 Å². The van der Waals surface area contributed by atoms with E-state index in [4.69, 9.17) is 139 Å². The Morgan fingerprint density at radius 1 is 0.324 bits per heavy atom. The van der Waals surface area contributed by atoms with E-state index in [1.54, 1.807) is 0 Å². The standard InChI is InChI=1S/C20H2Cl12N4.Fe/c21-1-2(22)14-10(30)16-5(25)6(26)18(35-16)12(32)20-8(28)7(27)19(36-20)11(31)17-4(24)3(23)15(34-17)9(29)13(1)33-14;/h33,36H;. The molecule has 5 heterocycles. The summed E-state index contributed by atoms with van der Waals surface area (Å²) in [5, 5.41) is -0.0513. The fourth-order valence-corrected chi connectivity index (χ4v) is 6.76. The van der Waals surface area contributed by atoms with Gasteiger partial charge in [-0.1, -0.05) is 139 Å². The Hall–Kier alpha value is 0.599. The topological polar surface area (TPSA) is 57.4 Å². The van der Waals surface area contributed by atoms with E-state index in [0.29, 0.717) is 0 Å². The first-order valence-corrected chi connectivity index (χ1v) is 13.7. The molecule has 5 rings (SSSR count). The SMILES string of the molecule is ClC1=C(Cl)c2nc1c(Cl)c1[nH]c(c(Cl)c3nc(c(Cl)c4[nH]c(c2Cl)c(Cl)c4Cl)C(Cl)=C3Cl)c(Cl)c1Cl.[Fe]. The number of nitrogens with zero attached hydrogens (tertiary/aromatic N) is 2. The molecule has 8 bridgehead atoms. The summed E-state index contributed by atoms with van der Waals surface area (Å²) in [6.45, 7) is 0. The van der Waals surface area contributed by atoms with Gasteiger partial charge in [0.1, 0.15) is 22.8 Å². The van der Waals surface area contributed by atoms with Crippen molar-refractivity contribution in [2.75, 3.05) is 0 Å². The van der Waals surface area contributed by atoms with Crippen LogP contribution in [-0.4, -0.2) is 19.9 Å². The smallest absolute Gasteiger partial charge is 0.105 e. The van der Waals surface area contributed by atoms with E-state index in [1.165, 1.54) is 0 Å². The molecule has 0 amide bonds. The average Bonchev–Trinajstić information content (AvgIpc) is 3.52. The van der Waals surface area contributed by atoms with Gasteiger partial charge in [0, 0.05) is 17.1 Å². The molecule has 2 aliphatic rings. The summed E-state index contributed by atoms with van der Waals surface area (Å²) in [7, 11) is 0.